The van der Waals surface area contributed by atoms with Crippen LogP contribution in [0.5, 0.6) is 5.75 Å². The highest BCUT2D eigenvalue weighted by Gasteiger charge is 2.29. The average molecular weight is 525 g/mol. The Morgan fingerprint density at radius 1 is 1.23 bits per heavy atom. The number of hydrogen-bond donors (Lipinski definition) is 2. The van der Waals surface area contributed by atoms with Crippen LogP contribution in [-0.2, 0) is 14.8 Å². The van der Waals surface area contributed by atoms with E-state index in [-0.39, 0.29) is 16.9 Å². The van der Waals surface area contributed by atoms with Crippen LogP contribution in [0.1, 0.15) is 57.4 Å². The Labute approximate surface area is 212 Å². The van der Waals surface area contributed by atoms with Gasteiger partial charge in [-0.2, -0.15) is 0 Å². The summed E-state index contributed by atoms with van der Waals surface area (Å²) >= 11 is 1.50. The molecule has 0 spiro atoms. The van der Waals surface area contributed by atoms with Crippen LogP contribution in [0.15, 0.2) is 29.3 Å². The first-order valence-corrected chi connectivity index (χ1v) is 14.0. The normalized spacial score (nSPS) is 19.0. The van der Waals surface area contributed by atoms with E-state index in [0.717, 1.165) is 42.1 Å². The highest BCUT2D eigenvalue weighted by atomic mass is 32.2. The summed E-state index contributed by atoms with van der Waals surface area (Å²) in [4.78, 5) is 18.6. The molecule has 3 N–H and O–H groups in total. The molecule has 1 aromatic carbocycles. The van der Waals surface area contributed by atoms with Crippen LogP contribution in [0.25, 0.3) is 10.4 Å². The number of sulfonamides is 1. The number of rotatable bonds is 9. The number of hydrogen-bond acceptors (Lipinski definition) is 8. The lowest BCUT2D eigenvalue weighted by Gasteiger charge is -2.26. The Balaban J connectivity index is 1.87. The number of carbonyl (C=O) groups is 1. The van der Waals surface area contributed by atoms with Gasteiger partial charge in [0.15, 0.2) is 0 Å². The van der Waals surface area contributed by atoms with Gasteiger partial charge in [0, 0.05) is 35.8 Å². The number of likely N-dealkylation sites (N-methyl/N-ethyl adjacent to an activating group) is 1. The molecule has 1 fully saturated rings. The number of carbonyl (C=O) groups excluding carboxylic acids is 1. The molecule has 1 aromatic heterocycles. The predicted molar refractivity (Wildman–Crippen MR) is 137 cm³/mol. The second kappa shape index (κ2) is 11.2. The van der Waals surface area contributed by atoms with Gasteiger partial charge in [-0.3, -0.25) is 0 Å². The molecule has 1 amide bonds. The number of nitrogens with one attached hydrogen (secondary N) is 1. The molecular formula is C24H36N4O5S2. The SMILES string of the molecule is CN(C)CCOc1ccc(-c2cnc(C3CCC(OC(N)=O)CC3)s2)c(S(=O)(=O)NC(C)(C)C)c1. The van der Waals surface area contributed by atoms with Gasteiger partial charge in [-0.05, 0) is 72.7 Å². The Morgan fingerprint density at radius 3 is 2.51 bits per heavy atom. The van der Waals surface area contributed by atoms with E-state index in [1.165, 1.54) is 11.3 Å². The minimum atomic E-state index is -3.82. The highest BCUT2D eigenvalue weighted by Crippen LogP contribution is 2.40. The molecule has 1 saturated carbocycles. The first-order chi connectivity index (χ1) is 16.3. The molecule has 0 radical (unpaired) electrons. The Hall–Kier alpha value is -2.21. The van der Waals surface area contributed by atoms with Crippen LogP contribution in [0, 0.1) is 0 Å². The molecule has 0 bridgehead atoms. The maximum atomic E-state index is 13.4. The van der Waals surface area contributed by atoms with Crippen molar-refractivity contribution in [3.05, 3.63) is 29.4 Å². The summed E-state index contributed by atoms with van der Waals surface area (Å²) in [6.07, 6.45) is 3.98. The quantitative estimate of drug-likeness (QED) is 0.509. The number of aromatic nitrogens is 1. The van der Waals surface area contributed by atoms with Crippen molar-refractivity contribution in [1.82, 2.24) is 14.6 Å². The summed E-state index contributed by atoms with van der Waals surface area (Å²) in [6.45, 7) is 6.60. The third kappa shape index (κ3) is 7.89. The molecule has 9 nitrogen and oxygen atoms in total. The molecule has 1 aliphatic carbocycles. The van der Waals surface area contributed by atoms with Crippen molar-refractivity contribution in [2.45, 2.75) is 68.9 Å². The minimum Gasteiger partial charge on any atom is -0.492 e. The summed E-state index contributed by atoms with van der Waals surface area (Å²) in [7, 11) is 0.0883. The number of primary amides is 1. The summed E-state index contributed by atoms with van der Waals surface area (Å²) < 4.78 is 40.4. The maximum absolute atomic E-state index is 13.4. The van der Waals surface area contributed by atoms with E-state index >= 15 is 0 Å². The van der Waals surface area contributed by atoms with Gasteiger partial charge in [0.2, 0.25) is 10.0 Å². The van der Waals surface area contributed by atoms with Crippen LogP contribution in [0.4, 0.5) is 4.79 Å². The molecule has 0 unspecified atom stereocenters. The molecule has 1 heterocycles. The monoisotopic (exact) mass is 524 g/mol. The number of ether oxygens (including phenoxy) is 2. The molecule has 35 heavy (non-hydrogen) atoms. The lowest BCUT2D eigenvalue weighted by molar-refractivity contribution is 0.0787. The Morgan fingerprint density at radius 2 is 1.91 bits per heavy atom. The van der Waals surface area contributed by atoms with Gasteiger partial charge >= 0.3 is 6.09 Å². The van der Waals surface area contributed by atoms with Crippen LogP contribution in [0.3, 0.4) is 0 Å². The molecule has 2 aromatic rings. The fourth-order valence-electron chi connectivity index (χ4n) is 4.02. The molecule has 1 aliphatic rings. The average Bonchev–Trinajstić information content (AvgIpc) is 3.22. The number of nitrogens with two attached hydrogens (primary N) is 1. The van der Waals surface area contributed by atoms with Crippen molar-refractivity contribution >= 4 is 27.5 Å². The van der Waals surface area contributed by atoms with Crippen molar-refractivity contribution in [2.75, 3.05) is 27.2 Å². The summed E-state index contributed by atoms with van der Waals surface area (Å²) in [5, 5.41) is 0.955. The number of amides is 1. The van der Waals surface area contributed by atoms with Crippen molar-refractivity contribution in [3.8, 4) is 16.2 Å². The van der Waals surface area contributed by atoms with E-state index < -0.39 is 21.7 Å². The molecular weight excluding hydrogens is 488 g/mol. The minimum absolute atomic E-state index is 0.150. The van der Waals surface area contributed by atoms with E-state index in [1.54, 1.807) is 24.4 Å². The van der Waals surface area contributed by atoms with Gasteiger partial charge in [-0.25, -0.2) is 22.9 Å². The lowest BCUT2D eigenvalue weighted by atomic mass is 9.88. The van der Waals surface area contributed by atoms with Crippen molar-refractivity contribution in [3.63, 3.8) is 0 Å². The number of nitrogens with zero attached hydrogens (tertiary/aromatic N) is 2. The zero-order valence-corrected chi connectivity index (χ0v) is 22.7. The van der Waals surface area contributed by atoms with Gasteiger partial charge in [-0.15, -0.1) is 11.3 Å². The molecule has 0 aliphatic heterocycles. The van der Waals surface area contributed by atoms with Crippen LogP contribution < -0.4 is 15.2 Å². The van der Waals surface area contributed by atoms with E-state index in [4.69, 9.17) is 15.2 Å². The lowest BCUT2D eigenvalue weighted by Crippen LogP contribution is -2.40. The smallest absolute Gasteiger partial charge is 0.404 e. The second-order valence-electron chi connectivity index (χ2n) is 10.1. The second-order valence-corrected chi connectivity index (χ2v) is 12.9. The van der Waals surface area contributed by atoms with E-state index in [2.05, 4.69) is 9.71 Å². The highest BCUT2D eigenvalue weighted by molar-refractivity contribution is 7.89. The largest absolute Gasteiger partial charge is 0.492 e. The number of benzene rings is 1. The molecule has 194 valence electrons. The van der Waals surface area contributed by atoms with E-state index in [9.17, 15) is 13.2 Å². The Kier molecular flexibility index (Phi) is 8.79. The van der Waals surface area contributed by atoms with Gasteiger partial charge < -0.3 is 20.1 Å². The molecule has 11 heteroatoms. The third-order valence-corrected chi connectivity index (χ3v) is 8.58. The Bertz CT molecular complexity index is 1120. The van der Waals surface area contributed by atoms with E-state index in [0.29, 0.717) is 17.9 Å². The zero-order chi connectivity index (χ0) is 25.8. The number of thiazole rings is 1. The maximum Gasteiger partial charge on any atom is 0.404 e. The topological polar surface area (TPSA) is 124 Å². The fourth-order valence-corrected chi connectivity index (χ4v) is 6.86. The first-order valence-electron chi connectivity index (χ1n) is 11.7. The fraction of sp³-hybridized carbons (Fsp3) is 0.583. The predicted octanol–water partition coefficient (Wildman–Crippen LogP) is 3.95. The molecule has 0 saturated heterocycles. The standard InChI is InChI=1S/C24H36N4O5S2/c1-24(2,3)27-35(30,31)21-14-18(32-13-12-28(4)5)10-11-19(21)20-15-26-22(34-20)16-6-8-17(9-7-16)33-23(25)29/h10-11,14-17,27H,6-9,12-13H2,1-5H3,(H2,25,29). The third-order valence-electron chi connectivity index (χ3n) is 5.59. The summed E-state index contributed by atoms with van der Waals surface area (Å²) in [6, 6.07) is 5.18. The van der Waals surface area contributed by atoms with Crippen molar-refractivity contribution in [2.24, 2.45) is 5.73 Å². The van der Waals surface area contributed by atoms with Crippen molar-refractivity contribution in [1.29, 1.82) is 0 Å². The zero-order valence-electron chi connectivity index (χ0n) is 21.0. The van der Waals surface area contributed by atoms with Crippen LogP contribution in [0.2, 0.25) is 0 Å². The van der Waals surface area contributed by atoms with Gasteiger partial charge in [-0.1, -0.05) is 0 Å². The van der Waals surface area contributed by atoms with Gasteiger partial charge in [0.25, 0.3) is 0 Å². The van der Waals surface area contributed by atoms with Gasteiger partial charge in [0.05, 0.1) is 14.8 Å². The molecule has 0 atom stereocenters. The first kappa shape index (κ1) is 27.4. The van der Waals surface area contributed by atoms with Crippen LogP contribution in [-0.4, -0.2) is 63.3 Å². The summed E-state index contributed by atoms with van der Waals surface area (Å²) in [5.41, 5.74) is 5.10. The van der Waals surface area contributed by atoms with Crippen LogP contribution >= 0.6 is 11.3 Å². The van der Waals surface area contributed by atoms with Crippen molar-refractivity contribution < 1.29 is 22.7 Å². The summed E-state index contributed by atoms with van der Waals surface area (Å²) in [5.74, 6) is 0.741. The van der Waals surface area contributed by atoms with Gasteiger partial charge in [0.1, 0.15) is 18.5 Å². The van der Waals surface area contributed by atoms with E-state index in [1.807, 2.05) is 39.8 Å². The molecule has 3 rings (SSSR count).